The number of carboxylic acids is 1. The molecule has 0 spiro atoms. The summed E-state index contributed by atoms with van der Waals surface area (Å²) in [7, 11) is 0. The molecular formula is C18H20BrNO3. The lowest BCUT2D eigenvalue weighted by molar-refractivity contribution is -0.139. The Balaban J connectivity index is 1.92. The predicted molar refractivity (Wildman–Crippen MR) is 93.8 cm³/mol. The fourth-order valence-electron chi connectivity index (χ4n) is 2.18. The minimum Gasteiger partial charge on any atom is -0.480 e. The molecule has 0 heterocycles. The molecule has 23 heavy (non-hydrogen) atoms. The number of carboxylic acid groups (broad SMARTS) is 1. The average molecular weight is 378 g/mol. The molecule has 4 nitrogen and oxygen atoms in total. The smallest absolute Gasteiger partial charge is 0.320 e. The van der Waals surface area contributed by atoms with Gasteiger partial charge in [0.05, 0.1) is 0 Å². The molecule has 2 N–H and O–H groups in total. The first-order chi connectivity index (χ1) is 11.1. The van der Waals surface area contributed by atoms with E-state index in [1.54, 1.807) is 0 Å². The van der Waals surface area contributed by atoms with E-state index < -0.39 is 12.0 Å². The molecule has 2 rings (SSSR count). The van der Waals surface area contributed by atoms with Gasteiger partial charge in [0.1, 0.15) is 17.5 Å². The van der Waals surface area contributed by atoms with Crippen molar-refractivity contribution in [3.05, 3.63) is 58.6 Å². The third kappa shape index (κ3) is 5.69. The summed E-state index contributed by atoms with van der Waals surface area (Å²) in [4.78, 5) is 11.1. The molecule has 5 heteroatoms. The standard InChI is InChI=1S/C18H20BrNO3/c1-2-4-17(18(21)22)20-12-13-7-9-15(10-8-13)23-16-6-3-5-14(19)11-16/h3,5-11,17,20H,2,4,12H2,1H3,(H,21,22). The molecule has 2 aromatic carbocycles. The predicted octanol–water partition coefficient (Wildman–Crippen LogP) is 4.58. The van der Waals surface area contributed by atoms with Crippen molar-refractivity contribution < 1.29 is 14.6 Å². The fourth-order valence-corrected chi connectivity index (χ4v) is 2.56. The maximum absolute atomic E-state index is 11.1. The number of benzene rings is 2. The van der Waals surface area contributed by atoms with Gasteiger partial charge in [0, 0.05) is 11.0 Å². The van der Waals surface area contributed by atoms with Gasteiger partial charge in [-0.25, -0.2) is 0 Å². The molecule has 1 atom stereocenters. The van der Waals surface area contributed by atoms with Crippen molar-refractivity contribution in [2.45, 2.75) is 32.4 Å². The zero-order valence-electron chi connectivity index (χ0n) is 13.0. The average Bonchev–Trinajstić information content (AvgIpc) is 2.52. The van der Waals surface area contributed by atoms with E-state index in [2.05, 4.69) is 21.2 Å². The second-order valence-corrected chi connectivity index (χ2v) is 6.18. The number of carbonyl (C=O) groups is 1. The first kappa shape index (κ1) is 17.5. The number of nitrogens with one attached hydrogen (secondary N) is 1. The van der Waals surface area contributed by atoms with Gasteiger partial charge >= 0.3 is 5.97 Å². The van der Waals surface area contributed by atoms with Gasteiger partial charge in [-0.2, -0.15) is 0 Å². The molecule has 1 unspecified atom stereocenters. The van der Waals surface area contributed by atoms with Crippen LogP contribution in [0, 0.1) is 0 Å². The van der Waals surface area contributed by atoms with Crippen LogP contribution in [0.4, 0.5) is 0 Å². The van der Waals surface area contributed by atoms with Crippen molar-refractivity contribution >= 4 is 21.9 Å². The molecule has 0 fully saturated rings. The summed E-state index contributed by atoms with van der Waals surface area (Å²) in [6.07, 6.45) is 1.46. The van der Waals surface area contributed by atoms with Crippen LogP contribution in [0.3, 0.4) is 0 Å². The summed E-state index contributed by atoms with van der Waals surface area (Å²) in [5.41, 5.74) is 1.02. The Labute approximate surface area is 144 Å². The van der Waals surface area contributed by atoms with Crippen LogP contribution in [-0.2, 0) is 11.3 Å². The monoisotopic (exact) mass is 377 g/mol. The molecule has 0 saturated carbocycles. The van der Waals surface area contributed by atoms with Crippen molar-refractivity contribution in [1.29, 1.82) is 0 Å². The number of halogens is 1. The molecule has 0 amide bonds. The first-order valence-electron chi connectivity index (χ1n) is 7.57. The van der Waals surface area contributed by atoms with Crippen molar-refractivity contribution in [2.24, 2.45) is 0 Å². The van der Waals surface area contributed by atoms with Crippen LogP contribution < -0.4 is 10.1 Å². The van der Waals surface area contributed by atoms with Gasteiger partial charge in [-0.3, -0.25) is 4.79 Å². The molecule has 0 aliphatic carbocycles. The number of hydrogen-bond donors (Lipinski definition) is 2. The lowest BCUT2D eigenvalue weighted by Gasteiger charge is -2.13. The Bertz CT molecular complexity index is 643. The Hall–Kier alpha value is -1.85. The van der Waals surface area contributed by atoms with Crippen LogP contribution in [0.25, 0.3) is 0 Å². The lowest BCUT2D eigenvalue weighted by atomic mass is 10.1. The second kappa shape index (κ2) is 8.70. The van der Waals surface area contributed by atoms with E-state index in [1.807, 2.05) is 55.5 Å². The molecule has 2 aromatic rings. The Kier molecular flexibility index (Phi) is 6.62. The summed E-state index contributed by atoms with van der Waals surface area (Å²) in [5, 5.41) is 12.2. The largest absolute Gasteiger partial charge is 0.480 e. The lowest BCUT2D eigenvalue weighted by Crippen LogP contribution is -2.35. The minimum atomic E-state index is -0.804. The summed E-state index contributed by atoms with van der Waals surface area (Å²) >= 11 is 3.41. The fraction of sp³-hybridized carbons (Fsp3) is 0.278. The van der Waals surface area contributed by atoms with E-state index in [1.165, 1.54) is 0 Å². The van der Waals surface area contributed by atoms with Crippen molar-refractivity contribution in [3.8, 4) is 11.5 Å². The topological polar surface area (TPSA) is 58.6 Å². The van der Waals surface area contributed by atoms with E-state index in [0.717, 1.165) is 28.0 Å². The van der Waals surface area contributed by atoms with Crippen molar-refractivity contribution in [1.82, 2.24) is 5.32 Å². The number of ether oxygens (including phenoxy) is 1. The molecule has 0 radical (unpaired) electrons. The van der Waals surface area contributed by atoms with E-state index in [9.17, 15) is 4.79 Å². The van der Waals surface area contributed by atoms with E-state index in [4.69, 9.17) is 9.84 Å². The van der Waals surface area contributed by atoms with Crippen LogP contribution in [0.2, 0.25) is 0 Å². The quantitative estimate of drug-likeness (QED) is 0.706. The zero-order chi connectivity index (χ0) is 16.7. The minimum absolute atomic E-state index is 0.502. The SMILES string of the molecule is CCCC(NCc1ccc(Oc2cccc(Br)c2)cc1)C(=O)O. The van der Waals surface area contributed by atoms with Crippen LogP contribution in [0.15, 0.2) is 53.0 Å². The highest BCUT2D eigenvalue weighted by Gasteiger charge is 2.14. The summed E-state index contributed by atoms with van der Waals surface area (Å²) in [6.45, 7) is 2.50. The third-order valence-corrected chi connectivity index (χ3v) is 3.88. The highest BCUT2D eigenvalue weighted by atomic mass is 79.9. The number of aliphatic carboxylic acids is 1. The number of rotatable bonds is 8. The maximum atomic E-state index is 11.1. The van der Waals surface area contributed by atoms with Gasteiger partial charge in [-0.15, -0.1) is 0 Å². The highest BCUT2D eigenvalue weighted by molar-refractivity contribution is 9.10. The van der Waals surface area contributed by atoms with Crippen molar-refractivity contribution in [2.75, 3.05) is 0 Å². The number of hydrogen-bond acceptors (Lipinski definition) is 3. The van der Waals surface area contributed by atoms with E-state index >= 15 is 0 Å². The van der Waals surface area contributed by atoms with Gasteiger partial charge < -0.3 is 15.2 Å². The summed E-state index contributed by atoms with van der Waals surface area (Å²) in [5.74, 6) is 0.704. The van der Waals surface area contributed by atoms with Crippen molar-refractivity contribution in [3.63, 3.8) is 0 Å². The summed E-state index contributed by atoms with van der Waals surface area (Å²) in [6, 6.07) is 14.8. The first-order valence-corrected chi connectivity index (χ1v) is 8.36. The molecule has 0 bridgehead atoms. The molecule has 0 saturated heterocycles. The van der Waals surface area contributed by atoms with Crippen LogP contribution in [-0.4, -0.2) is 17.1 Å². The maximum Gasteiger partial charge on any atom is 0.320 e. The normalized spacial score (nSPS) is 11.9. The molecule has 122 valence electrons. The summed E-state index contributed by atoms with van der Waals surface area (Å²) < 4.78 is 6.74. The van der Waals surface area contributed by atoms with Crippen LogP contribution in [0.5, 0.6) is 11.5 Å². The van der Waals surface area contributed by atoms with Gasteiger partial charge in [-0.05, 0) is 42.3 Å². The van der Waals surface area contributed by atoms with Gasteiger partial charge in [0.15, 0.2) is 0 Å². The van der Waals surface area contributed by atoms with Gasteiger partial charge in [0.25, 0.3) is 0 Å². The third-order valence-electron chi connectivity index (χ3n) is 3.38. The van der Waals surface area contributed by atoms with Gasteiger partial charge in [0.2, 0.25) is 0 Å². The molecule has 0 aliphatic rings. The Morgan fingerprint density at radius 1 is 1.22 bits per heavy atom. The van der Waals surface area contributed by atoms with Crippen LogP contribution >= 0.6 is 15.9 Å². The highest BCUT2D eigenvalue weighted by Crippen LogP contribution is 2.24. The second-order valence-electron chi connectivity index (χ2n) is 5.26. The molecular weight excluding hydrogens is 358 g/mol. The van der Waals surface area contributed by atoms with E-state index in [0.29, 0.717) is 13.0 Å². The molecule has 0 aromatic heterocycles. The Morgan fingerprint density at radius 3 is 2.57 bits per heavy atom. The van der Waals surface area contributed by atoms with E-state index in [-0.39, 0.29) is 0 Å². The molecule has 0 aliphatic heterocycles. The van der Waals surface area contributed by atoms with Crippen LogP contribution in [0.1, 0.15) is 25.3 Å². The Morgan fingerprint density at radius 2 is 1.96 bits per heavy atom. The zero-order valence-corrected chi connectivity index (χ0v) is 14.5. The van der Waals surface area contributed by atoms with Gasteiger partial charge in [-0.1, -0.05) is 47.5 Å².